The highest BCUT2D eigenvalue weighted by Crippen LogP contribution is 2.18. The third kappa shape index (κ3) is 6.94. The third-order valence-corrected chi connectivity index (χ3v) is 5.47. The number of anilines is 2. The van der Waals surface area contributed by atoms with Crippen LogP contribution < -0.4 is 32.7 Å². The molecule has 0 unspecified atom stereocenters. The monoisotopic (exact) mass is 465 g/mol. The highest BCUT2D eigenvalue weighted by Gasteiger charge is 2.22. The number of carbonyl (C=O) groups is 2. The average Bonchev–Trinajstić information content (AvgIpc) is 3.10. The van der Waals surface area contributed by atoms with Gasteiger partial charge in [-0.25, -0.2) is 9.78 Å². The molecule has 0 aliphatic heterocycles. The van der Waals surface area contributed by atoms with Crippen molar-refractivity contribution in [2.45, 2.75) is 53.5 Å². The van der Waals surface area contributed by atoms with Crippen LogP contribution in [0.4, 0.5) is 11.5 Å². The smallest absolute Gasteiger partial charge is 0.330 e. The Morgan fingerprint density at radius 2 is 1.97 bits per heavy atom. The van der Waals surface area contributed by atoms with Crippen molar-refractivity contribution >= 4 is 34.7 Å². The van der Waals surface area contributed by atoms with E-state index in [1.165, 1.54) is 20.8 Å². The van der Waals surface area contributed by atoms with Gasteiger partial charge in [-0.3, -0.25) is 34.8 Å². The first kappa shape index (κ1) is 25.1. The lowest BCUT2D eigenvalue weighted by atomic mass is 10.2. The largest absolute Gasteiger partial charge is 0.383 e. The first-order valence-corrected chi connectivity index (χ1v) is 11.4. The fourth-order valence-corrected chi connectivity index (χ4v) is 3.89. The molecule has 0 saturated carbocycles. The topological polar surface area (TPSA) is 155 Å². The van der Waals surface area contributed by atoms with Crippen LogP contribution in [0.5, 0.6) is 0 Å². The summed E-state index contributed by atoms with van der Waals surface area (Å²) in [6.45, 7) is 8.15. The van der Waals surface area contributed by atoms with Gasteiger partial charge in [0, 0.05) is 24.2 Å². The molecule has 0 aliphatic carbocycles. The molecule has 12 heteroatoms. The first-order chi connectivity index (χ1) is 15.1. The number of nitrogen functional groups attached to an aromatic ring is 1. The van der Waals surface area contributed by atoms with E-state index < -0.39 is 23.1 Å². The lowest BCUT2D eigenvalue weighted by Crippen LogP contribution is -2.49. The van der Waals surface area contributed by atoms with Crippen molar-refractivity contribution < 1.29 is 9.59 Å². The number of aromatic nitrogens is 3. The third-order valence-electron chi connectivity index (χ3n) is 4.51. The fourth-order valence-electron chi connectivity index (χ4n) is 3.11. The lowest BCUT2D eigenvalue weighted by Gasteiger charge is -2.27. The summed E-state index contributed by atoms with van der Waals surface area (Å²) in [5.41, 5.74) is 10.6. The molecule has 0 aromatic carbocycles. The van der Waals surface area contributed by atoms with E-state index in [0.29, 0.717) is 24.5 Å². The number of hydrogen-bond donors (Lipinski definition) is 4. The Morgan fingerprint density at radius 3 is 2.56 bits per heavy atom. The Labute approximate surface area is 190 Å². The number of nitrogens with zero attached hydrogens (tertiary/aromatic N) is 3. The molecular weight excluding hydrogens is 434 g/mol. The van der Waals surface area contributed by atoms with E-state index in [1.54, 1.807) is 0 Å². The fraction of sp³-hybridized carbons (Fsp3) is 0.550. The molecule has 2 heterocycles. The van der Waals surface area contributed by atoms with Crippen LogP contribution >= 0.6 is 11.3 Å². The van der Waals surface area contributed by atoms with Crippen molar-refractivity contribution in [1.82, 2.24) is 25.4 Å². The number of unbranched alkanes of at least 4 members (excludes halogenated alkanes) is 1. The van der Waals surface area contributed by atoms with Gasteiger partial charge in [-0.1, -0.05) is 27.2 Å². The zero-order valence-electron chi connectivity index (χ0n) is 18.9. The molecule has 0 radical (unpaired) electrons. The normalized spacial score (nSPS) is 10.9. The van der Waals surface area contributed by atoms with Crippen LogP contribution in [0.3, 0.4) is 0 Å². The van der Waals surface area contributed by atoms with Gasteiger partial charge < -0.3 is 10.6 Å². The summed E-state index contributed by atoms with van der Waals surface area (Å²) in [7, 11) is 0. The number of carbonyl (C=O) groups excluding carboxylic acids is 2. The van der Waals surface area contributed by atoms with Crippen LogP contribution in [0.15, 0.2) is 15.0 Å². The second-order valence-corrected chi connectivity index (χ2v) is 8.87. The van der Waals surface area contributed by atoms with Crippen LogP contribution in [-0.2, 0) is 22.6 Å². The van der Waals surface area contributed by atoms with Crippen molar-refractivity contribution in [3.8, 4) is 0 Å². The van der Waals surface area contributed by atoms with Gasteiger partial charge in [0.1, 0.15) is 16.5 Å². The van der Waals surface area contributed by atoms with Crippen LogP contribution in [0.2, 0.25) is 0 Å². The van der Waals surface area contributed by atoms with Crippen LogP contribution in [0, 0.1) is 12.8 Å². The number of rotatable bonds is 10. The maximum absolute atomic E-state index is 12.6. The maximum Gasteiger partial charge on any atom is 0.330 e. The summed E-state index contributed by atoms with van der Waals surface area (Å²) in [5, 5.41) is 2.48. The van der Waals surface area contributed by atoms with Crippen molar-refractivity contribution in [2.24, 2.45) is 5.92 Å². The molecule has 0 spiro atoms. The molecule has 0 bridgehead atoms. The van der Waals surface area contributed by atoms with Crippen LogP contribution in [0.25, 0.3) is 0 Å². The Balaban J connectivity index is 2.14. The second-order valence-electron chi connectivity index (χ2n) is 7.93. The summed E-state index contributed by atoms with van der Waals surface area (Å²) in [6.07, 6.45) is 1.60. The minimum atomic E-state index is -0.656. The Kier molecular flexibility index (Phi) is 9.00. The van der Waals surface area contributed by atoms with E-state index in [2.05, 4.69) is 20.8 Å². The number of aryl methyl sites for hydroxylation is 1. The van der Waals surface area contributed by atoms with Gasteiger partial charge in [0.05, 0.1) is 13.0 Å². The summed E-state index contributed by atoms with van der Waals surface area (Å²) >= 11 is 1.37. The lowest BCUT2D eigenvalue weighted by molar-refractivity contribution is -0.127. The predicted octanol–water partition coefficient (Wildman–Crippen LogP) is 0.536. The van der Waals surface area contributed by atoms with Gasteiger partial charge in [0.15, 0.2) is 0 Å². The molecule has 32 heavy (non-hydrogen) atoms. The van der Waals surface area contributed by atoms with Crippen molar-refractivity contribution in [1.29, 1.82) is 0 Å². The van der Waals surface area contributed by atoms with E-state index >= 15 is 0 Å². The molecule has 0 fully saturated rings. The average molecular weight is 466 g/mol. The highest BCUT2D eigenvalue weighted by molar-refractivity contribution is 7.09. The summed E-state index contributed by atoms with van der Waals surface area (Å²) in [6, 6.07) is 0. The Morgan fingerprint density at radius 1 is 1.28 bits per heavy atom. The van der Waals surface area contributed by atoms with Crippen LogP contribution in [-0.4, -0.2) is 39.4 Å². The van der Waals surface area contributed by atoms with E-state index in [1.807, 2.05) is 33.1 Å². The Bertz CT molecular complexity index is 1060. The summed E-state index contributed by atoms with van der Waals surface area (Å²) in [5.74, 6) is -0.822. The minimum Gasteiger partial charge on any atom is -0.383 e. The molecule has 176 valence electrons. The van der Waals surface area contributed by atoms with Crippen LogP contribution in [0.1, 0.15) is 44.3 Å². The zero-order valence-corrected chi connectivity index (χ0v) is 19.7. The van der Waals surface area contributed by atoms with Gasteiger partial charge in [-0.05, 0) is 19.3 Å². The van der Waals surface area contributed by atoms with Crippen molar-refractivity contribution in [3.63, 3.8) is 0 Å². The van der Waals surface area contributed by atoms with Gasteiger partial charge in [-0.15, -0.1) is 11.3 Å². The van der Waals surface area contributed by atoms with Gasteiger partial charge >= 0.3 is 5.69 Å². The van der Waals surface area contributed by atoms with Crippen molar-refractivity contribution in [3.05, 3.63) is 36.9 Å². The molecule has 5 N–H and O–H groups in total. The summed E-state index contributed by atoms with van der Waals surface area (Å²) in [4.78, 5) is 57.4. The number of nitrogens with one attached hydrogen (secondary N) is 3. The predicted molar refractivity (Wildman–Crippen MR) is 125 cm³/mol. The molecule has 2 rings (SSSR count). The molecule has 2 aromatic heterocycles. The number of H-pyrrole nitrogens is 1. The second kappa shape index (κ2) is 11.5. The van der Waals surface area contributed by atoms with E-state index in [-0.39, 0.29) is 30.4 Å². The number of hydrazine groups is 1. The van der Waals surface area contributed by atoms with E-state index in [0.717, 1.165) is 12.1 Å². The maximum atomic E-state index is 12.6. The molecule has 0 atom stereocenters. The molecular formula is C20H31N7O4S. The standard InChI is InChI=1S/C20H31N7O4S/c1-5-6-7-27-18(21)17(19(30)23-20(27)31)26(9-12(2)3)10-15(29)25-24-14(28)8-16-22-13(4)11-32-16/h11-12H,5-10,21H2,1-4H3,(H,24,28)(H,25,29)(H,23,30,31). The van der Waals surface area contributed by atoms with Gasteiger partial charge in [-0.2, -0.15) is 0 Å². The SMILES string of the molecule is CCCCn1c(N)c(N(CC(=O)NNC(=O)Cc2nc(C)cs2)CC(C)C)c(=O)[nH]c1=O. The minimum absolute atomic E-state index is 0.0174. The number of thiazole rings is 1. The number of nitrogens with two attached hydrogens (primary N) is 1. The number of aromatic amines is 1. The van der Waals surface area contributed by atoms with Gasteiger partial charge in [0.2, 0.25) is 5.91 Å². The molecule has 11 nitrogen and oxygen atoms in total. The van der Waals surface area contributed by atoms with E-state index in [4.69, 9.17) is 5.73 Å². The Hall–Kier alpha value is -3.15. The van der Waals surface area contributed by atoms with Crippen molar-refractivity contribution in [2.75, 3.05) is 23.7 Å². The highest BCUT2D eigenvalue weighted by atomic mass is 32.1. The molecule has 2 amide bonds. The number of hydrogen-bond acceptors (Lipinski definition) is 8. The quantitative estimate of drug-likeness (QED) is 0.373. The molecule has 2 aromatic rings. The number of amides is 2. The summed E-state index contributed by atoms with van der Waals surface area (Å²) < 4.78 is 1.31. The van der Waals surface area contributed by atoms with E-state index in [9.17, 15) is 19.2 Å². The molecule has 0 aliphatic rings. The zero-order chi connectivity index (χ0) is 23.8. The molecule has 0 saturated heterocycles. The van der Waals surface area contributed by atoms with Gasteiger partial charge in [0.25, 0.3) is 11.5 Å². The first-order valence-electron chi connectivity index (χ1n) is 10.5.